The van der Waals surface area contributed by atoms with E-state index >= 15 is 0 Å². The lowest BCUT2D eigenvalue weighted by molar-refractivity contribution is -0.153. The van der Waals surface area contributed by atoms with Crippen LogP contribution in [0.1, 0.15) is 6.42 Å². The van der Waals surface area contributed by atoms with Crippen molar-refractivity contribution in [3.05, 3.63) is 0 Å². The van der Waals surface area contributed by atoms with E-state index in [-0.39, 0.29) is 6.54 Å². The summed E-state index contributed by atoms with van der Waals surface area (Å²) in [5, 5.41) is 2.17. The second kappa shape index (κ2) is 5.06. The first-order valence-corrected chi connectivity index (χ1v) is 3.79. The number of carbonyl (C=O) groups excluding carboxylic acids is 1. The van der Waals surface area contributed by atoms with Crippen molar-refractivity contribution in [2.24, 2.45) is 0 Å². The third kappa shape index (κ3) is 9.13. The first-order valence-electron chi connectivity index (χ1n) is 3.79. The van der Waals surface area contributed by atoms with Gasteiger partial charge in [0.15, 0.2) is 0 Å². The summed E-state index contributed by atoms with van der Waals surface area (Å²) in [6, 6.07) is 0. The van der Waals surface area contributed by atoms with E-state index in [1.807, 2.05) is 0 Å². The first-order chi connectivity index (χ1) is 5.81. The Morgan fingerprint density at radius 3 is 2.31 bits per heavy atom. The number of likely N-dealkylation sites (N-methyl/N-ethyl adjacent to an activating group) is 1. The van der Waals surface area contributed by atoms with E-state index in [1.54, 1.807) is 19.0 Å². The molecule has 1 amide bonds. The Kier molecular flexibility index (Phi) is 4.76. The quantitative estimate of drug-likeness (QED) is 0.718. The Hall–Kier alpha value is -0.780. The van der Waals surface area contributed by atoms with Crippen molar-refractivity contribution < 1.29 is 18.0 Å². The highest BCUT2D eigenvalue weighted by atomic mass is 19.4. The molecule has 0 aromatic rings. The van der Waals surface area contributed by atoms with Crippen LogP contribution in [0.4, 0.5) is 13.2 Å². The maximum atomic E-state index is 11.6. The molecule has 0 saturated carbocycles. The van der Waals surface area contributed by atoms with E-state index in [9.17, 15) is 18.0 Å². The Balaban J connectivity index is 3.53. The maximum Gasteiger partial charge on any atom is 0.397 e. The molecule has 0 unspecified atom stereocenters. The molecule has 1 N–H and O–H groups in total. The molecular weight excluding hydrogens is 185 g/mol. The molecule has 3 nitrogen and oxygen atoms in total. The summed E-state index contributed by atoms with van der Waals surface area (Å²) in [7, 11) is 3.55. The number of nitrogens with one attached hydrogen (secondary N) is 1. The zero-order valence-corrected chi connectivity index (χ0v) is 7.61. The lowest BCUT2D eigenvalue weighted by atomic mass is 10.4. The Morgan fingerprint density at radius 2 is 1.92 bits per heavy atom. The van der Waals surface area contributed by atoms with Gasteiger partial charge in [0.2, 0.25) is 5.91 Å². The second-order valence-electron chi connectivity index (χ2n) is 2.95. The number of nitrogens with zero attached hydrogens (tertiary/aromatic N) is 1. The summed E-state index contributed by atoms with van der Waals surface area (Å²) in [5.74, 6) is -0.977. The fourth-order valence-corrected chi connectivity index (χ4v) is 0.663. The minimum absolute atomic E-state index is 0.238. The molecule has 0 aliphatic rings. The van der Waals surface area contributed by atoms with Crippen molar-refractivity contribution in [2.45, 2.75) is 12.6 Å². The van der Waals surface area contributed by atoms with Crippen molar-refractivity contribution in [1.29, 1.82) is 0 Å². The SMILES string of the molecule is CN(C)CCNC(=O)CC(F)(F)F. The number of hydrogen-bond donors (Lipinski definition) is 1. The van der Waals surface area contributed by atoms with E-state index in [4.69, 9.17) is 0 Å². The van der Waals surface area contributed by atoms with Crippen LogP contribution in [0, 0.1) is 0 Å². The van der Waals surface area contributed by atoms with Gasteiger partial charge in [-0.25, -0.2) is 0 Å². The fraction of sp³-hybridized carbons (Fsp3) is 0.857. The van der Waals surface area contributed by atoms with Crippen LogP contribution in [0.2, 0.25) is 0 Å². The lowest BCUT2D eigenvalue weighted by Crippen LogP contribution is -2.33. The van der Waals surface area contributed by atoms with Crippen molar-refractivity contribution in [2.75, 3.05) is 27.2 Å². The predicted octanol–water partition coefficient (Wildman–Crippen LogP) is 0.617. The number of alkyl halides is 3. The van der Waals surface area contributed by atoms with Gasteiger partial charge in [-0.15, -0.1) is 0 Å². The van der Waals surface area contributed by atoms with Crippen molar-refractivity contribution in [3.63, 3.8) is 0 Å². The molecular formula is C7H13F3N2O. The summed E-state index contributed by atoms with van der Waals surface area (Å²) in [4.78, 5) is 12.4. The molecule has 0 aromatic heterocycles. The molecule has 0 aliphatic heterocycles. The van der Waals surface area contributed by atoms with Crippen LogP contribution in [0.25, 0.3) is 0 Å². The Bertz CT molecular complexity index is 168. The molecule has 78 valence electrons. The van der Waals surface area contributed by atoms with Gasteiger partial charge in [-0.2, -0.15) is 13.2 Å². The number of amides is 1. The maximum absolute atomic E-state index is 11.6. The predicted molar refractivity (Wildman–Crippen MR) is 42.2 cm³/mol. The lowest BCUT2D eigenvalue weighted by Gasteiger charge is -2.11. The van der Waals surface area contributed by atoms with Gasteiger partial charge in [-0.3, -0.25) is 4.79 Å². The van der Waals surface area contributed by atoms with Crippen LogP contribution < -0.4 is 5.32 Å². The smallest absolute Gasteiger partial charge is 0.355 e. The van der Waals surface area contributed by atoms with Crippen molar-refractivity contribution in [3.8, 4) is 0 Å². The normalized spacial score (nSPS) is 11.8. The van der Waals surface area contributed by atoms with Crippen LogP contribution in [0.3, 0.4) is 0 Å². The topological polar surface area (TPSA) is 32.3 Å². The molecule has 0 atom stereocenters. The van der Waals surface area contributed by atoms with E-state index in [2.05, 4.69) is 5.32 Å². The van der Waals surface area contributed by atoms with Crippen LogP contribution in [-0.2, 0) is 4.79 Å². The molecule has 0 fully saturated rings. The van der Waals surface area contributed by atoms with Gasteiger partial charge in [0, 0.05) is 13.1 Å². The fourth-order valence-electron chi connectivity index (χ4n) is 0.663. The van der Waals surface area contributed by atoms with Gasteiger partial charge in [-0.1, -0.05) is 0 Å². The molecule has 0 aromatic carbocycles. The van der Waals surface area contributed by atoms with E-state index in [0.29, 0.717) is 6.54 Å². The number of hydrogen-bond acceptors (Lipinski definition) is 2. The second-order valence-corrected chi connectivity index (χ2v) is 2.95. The van der Waals surface area contributed by atoms with E-state index in [0.717, 1.165) is 0 Å². The first kappa shape index (κ1) is 12.2. The summed E-state index contributed by atoms with van der Waals surface area (Å²) < 4.78 is 34.9. The molecule has 13 heavy (non-hydrogen) atoms. The minimum Gasteiger partial charge on any atom is -0.355 e. The highest BCUT2D eigenvalue weighted by molar-refractivity contribution is 5.76. The molecule has 0 radical (unpaired) electrons. The summed E-state index contributed by atoms with van der Waals surface area (Å²) in [6.45, 7) is 0.769. The Morgan fingerprint density at radius 1 is 1.38 bits per heavy atom. The van der Waals surface area contributed by atoms with Gasteiger partial charge in [0.05, 0.1) is 0 Å². The largest absolute Gasteiger partial charge is 0.397 e. The molecule has 0 heterocycles. The number of halogens is 3. The van der Waals surface area contributed by atoms with Gasteiger partial charge in [0.25, 0.3) is 0 Å². The van der Waals surface area contributed by atoms with Gasteiger partial charge in [-0.05, 0) is 14.1 Å². The summed E-state index contributed by atoms with van der Waals surface area (Å²) in [6.07, 6.45) is -5.82. The molecule has 0 saturated heterocycles. The third-order valence-corrected chi connectivity index (χ3v) is 1.24. The molecule has 0 spiro atoms. The Labute approximate surface area is 74.9 Å². The molecule has 6 heteroatoms. The van der Waals surface area contributed by atoms with Gasteiger partial charge < -0.3 is 10.2 Å². The van der Waals surface area contributed by atoms with Crippen LogP contribution in [-0.4, -0.2) is 44.2 Å². The molecule has 0 bridgehead atoms. The molecule has 0 aliphatic carbocycles. The van der Waals surface area contributed by atoms with Crippen LogP contribution in [0.15, 0.2) is 0 Å². The van der Waals surface area contributed by atoms with Gasteiger partial charge >= 0.3 is 6.18 Å². The summed E-state index contributed by atoms with van der Waals surface area (Å²) >= 11 is 0. The van der Waals surface area contributed by atoms with E-state index in [1.165, 1.54) is 0 Å². The average molecular weight is 198 g/mol. The highest BCUT2D eigenvalue weighted by Crippen LogP contribution is 2.18. The average Bonchev–Trinajstić information content (AvgIpc) is 1.81. The van der Waals surface area contributed by atoms with Crippen molar-refractivity contribution in [1.82, 2.24) is 10.2 Å². The minimum atomic E-state index is -4.41. The third-order valence-electron chi connectivity index (χ3n) is 1.24. The van der Waals surface area contributed by atoms with Crippen molar-refractivity contribution >= 4 is 5.91 Å². The van der Waals surface area contributed by atoms with Crippen LogP contribution >= 0.6 is 0 Å². The van der Waals surface area contributed by atoms with E-state index < -0.39 is 18.5 Å². The standard InChI is InChI=1S/C7H13F3N2O/c1-12(2)4-3-11-6(13)5-7(8,9)10/h3-5H2,1-2H3,(H,11,13). The molecule has 0 rings (SSSR count). The number of carbonyl (C=O) groups is 1. The highest BCUT2D eigenvalue weighted by Gasteiger charge is 2.30. The number of rotatable bonds is 4. The summed E-state index contributed by atoms with van der Waals surface area (Å²) in [5.41, 5.74) is 0. The van der Waals surface area contributed by atoms with Gasteiger partial charge in [0.1, 0.15) is 6.42 Å². The zero-order valence-electron chi connectivity index (χ0n) is 7.61. The monoisotopic (exact) mass is 198 g/mol. The van der Waals surface area contributed by atoms with Crippen LogP contribution in [0.5, 0.6) is 0 Å². The zero-order chi connectivity index (χ0) is 10.5.